The average molecular weight is 297 g/mol. The van der Waals surface area contributed by atoms with Gasteiger partial charge in [-0.2, -0.15) is 0 Å². The van der Waals surface area contributed by atoms with Crippen LogP contribution in [0.5, 0.6) is 0 Å². The Labute approximate surface area is 122 Å². The maximum atomic E-state index is 12.7. The van der Waals surface area contributed by atoms with Crippen LogP contribution in [0.2, 0.25) is 5.15 Å². The number of fused-ring (bicyclic) bond motifs is 1. The van der Waals surface area contributed by atoms with Crippen LogP contribution in [0.15, 0.2) is 12.1 Å². The minimum Gasteiger partial charge on any atom is -0.374 e. The number of halogens is 1. The van der Waals surface area contributed by atoms with Gasteiger partial charge in [-0.3, -0.25) is 4.79 Å². The average Bonchev–Trinajstić information content (AvgIpc) is 2.94. The van der Waals surface area contributed by atoms with E-state index in [2.05, 4.69) is 10.4 Å². The number of hydrogen-bond donors (Lipinski definition) is 2. The summed E-state index contributed by atoms with van der Waals surface area (Å²) in [5.41, 5.74) is 2.93. The molecule has 20 heavy (non-hydrogen) atoms. The molecule has 2 fully saturated rings. The van der Waals surface area contributed by atoms with Crippen LogP contribution in [-0.2, 0) is 4.74 Å². The zero-order valence-corrected chi connectivity index (χ0v) is 11.8. The summed E-state index contributed by atoms with van der Waals surface area (Å²) in [6.07, 6.45) is 3.31. The zero-order valence-electron chi connectivity index (χ0n) is 11.0. The van der Waals surface area contributed by atoms with Crippen LogP contribution in [0.25, 0.3) is 0 Å². The number of nitrogen functional groups attached to an aromatic ring is 1. The van der Waals surface area contributed by atoms with Gasteiger partial charge in [0.2, 0.25) is 0 Å². The highest BCUT2D eigenvalue weighted by molar-refractivity contribution is 6.29. The third kappa shape index (κ3) is 2.46. The van der Waals surface area contributed by atoms with Crippen molar-refractivity contribution in [1.29, 1.82) is 0 Å². The summed E-state index contributed by atoms with van der Waals surface area (Å²) >= 11 is 5.92. The topological polar surface area (TPSA) is 80.5 Å². The van der Waals surface area contributed by atoms with Crippen molar-refractivity contribution in [3.05, 3.63) is 22.8 Å². The SMILES string of the molecule is NNc1cc(C(=O)N2CCOC3CCCC32)cc(Cl)n1. The highest BCUT2D eigenvalue weighted by Crippen LogP contribution is 2.31. The van der Waals surface area contributed by atoms with E-state index in [1.165, 1.54) is 0 Å². The number of nitrogens with zero attached hydrogens (tertiary/aromatic N) is 2. The molecule has 7 heteroatoms. The van der Waals surface area contributed by atoms with Crippen molar-refractivity contribution in [1.82, 2.24) is 9.88 Å². The molecular weight excluding hydrogens is 280 g/mol. The summed E-state index contributed by atoms with van der Waals surface area (Å²) in [5, 5.41) is 0.250. The first-order valence-corrected chi connectivity index (χ1v) is 7.13. The Hall–Kier alpha value is -1.37. The second-order valence-electron chi connectivity index (χ2n) is 5.11. The lowest BCUT2D eigenvalue weighted by atomic mass is 10.1. The first-order valence-electron chi connectivity index (χ1n) is 6.76. The third-order valence-corrected chi connectivity index (χ3v) is 4.13. The first kappa shape index (κ1) is 13.6. The number of hydrazine groups is 1. The predicted molar refractivity (Wildman–Crippen MR) is 75.5 cm³/mol. The molecule has 108 valence electrons. The molecule has 1 saturated carbocycles. The number of morpholine rings is 1. The summed E-state index contributed by atoms with van der Waals surface area (Å²) in [6, 6.07) is 3.37. The van der Waals surface area contributed by atoms with Gasteiger partial charge in [0.05, 0.1) is 18.8 Å². The van der Waals surface area contributed by atoms with Crippen LogP contribution in [0.4, 0.5) is 5.82 Å². The lowest BCUT2D eigenvalue weighted by molar-refractivity contribution is -0.0445. The molecular formula is C13H17ClN4O2. The van der Waals surface area contributed by atoms with Crippen LogP contribution < -0.4 is 11.3 Å². The molecule has 2 unspecified atom stereocenters. The highest BCUT2D eigenvalue weighted by atomic mass is 35.5. The Balaban J connectivity index is 1.86. The quantitative estimate of drug-likeness (QED) is 0.490. The van der Waals surface area contributed by atoms with Crippen molar-refractivity contribution >= 4 is 23.3 Å². The van der Waals surface area contributed by atoms with Gasteiger partial charge in [0, 0.05) is 12.1 Å². The Morgan fingerprint density at radius 1 is 1.50 bits per heavy atom. The van der Waals surface area contributed by atoms with Crippen molar-refractivity contribution in [2.45, 2.75) is 31.4 Å². The lowest BCUT2D eigenvalue weighted by Gasteiger charge is -2.37. The van der Waals surface area contributed by atoms with Crippen LogP contribution in [0.1, 0.15) is 29.6 Å². The summed E-state index contributed by atoms with van der Waals surface area (Å²) in [4.78, 5) is 18.6. The van der Waals surface area contributed by atoms with Gasteiger partial charge in [-0.1, -0.05) is 11.6 Å². The number of nitrogens with two attached hydrogens (primary N) is 1. The molecule has 1 aromatic rings. The normalized spacial score (nSPS) is 25.4. The Kier molecular flexibility index (Phi) is 3.78. The minimum absolute atomic E-state index is 0.0361. The van der Waals surface area contributed by atoms with E-state index in [-0.39, 0.29) is 23.2 Å². The number of anilines is 1. The molecule has 6 nitrogen and oxygen atoms in total. The smallest absolute Gasteiger partial charge is 0.254 e. The van der Waals surface area contributed by atoms with Crippen molar-refractivity contribution in [3.63, 3.8) is 0 Å². The maximum absolute atomic E-state index is 12.7. The molecule has 1 aliphatic heterocycles. The van der Waals surface area contributed by atoms with Gasteiger partial charge >= 0.3 is 0 Å². The molecule has 1 saturated heterocycles. The van der Waals surface area contributed by atoms with Crippen molar-refractivity contribution < 1.29 is 9.53 Å². The van der Waals surface area contributed by atoms with Crippen LogP contribution in [0.3, 0.4) is 0 Å². The Bertz CT molecular complexity index is 525. The fraction of sp³-hybridized carbons (Fsp3) is 0.538. The fourth-order valence-electron chi connectivity index (χ4n) is 3.04. The number of ether oxygens (including phenoxy) is 1. The van der Waals surface area contributed by atoms with Crippen molar-refractivity contribution in [3.8, 4) is 0 Å². The number of carbonyl (C=O) groups is 1. The van der Waals surface area contributed by atoms with Gasteiger partial charge in [0.25, 0.3) is 5.91 Å². The molecule has 0 aromatic carbocycles. The van der Waals surface area contributed by atoms with Gasteiger partial charge in [-0.25, -0.2) is 10.8 Å². The highest BCUT2D eigenvalue weighted by Gasteiger charge is 2.38. The van der Waals surface area contributed by atoms with E-state index in [0.29, 0.717) is 24.5 Å². The molecule has 1 aliphatic carbocycles. The fourth-order valence-corrected chi connectivity index (χ4v) is 3.25. The monoisotopic (exact) mass is 296 g/mol. The standard InChI is InChI=1S/C13H17ClN4O2/c14-11-6-8(7-12(16-11)17-15)13(19)18-4-5-20-10-3-1-2-9(10)18/h6-7,9-10H,1-5,15H2,(H,16,17). The molecule has 0 radical (unpaired) electrons. The van der Waals surface area contributed by atoms with Gasteiger partial charge in [-0.15, -0.1) is 0 Å². The van der Waals surface area contributed by atoms with E-state index in [4.69, 9.17) is 22.2 Å². The van der Waals surface area contributed by atoms with E-state index in [1.54, 1.807) is 12.1 Å². The van der Waals surface area contributed by atoms with Crippen molar-refractivity contribution in [2.75, 3.05) is 18.6 Å². The number of nitrogens with one attached hydrogen (secondary N) is 1. The van der Waals surface area contributed by atoms with Gasteiger partial charge in [-0.05, 0) is 31.4 Å². The maximum Gasteiger partial charge on any atom is 0.254 e. The van der Waals surface area contributed by atoms with E-state index >= 15 is 0 Å². The second kappa shape index (κ2) is 5.55. The number of amides is 1. The second-order valence-corrected chi connectivity index (χ2v) is 5.50. The molecule has 0 bridgehead atoms. The number of carbonyl (C=O) groups excluding carboxylic acids is 1. The third-order valence-electron chi connectivity index (χ3n) is 3.93. The van der Waals surface area contributed by atoms with Crippen molar-refractivity contribution in [2.24, 2.45) is 5.84 Å². The molecule has 2 atom stereocenters. The van der Waals surface area contributed by atoms with Gasteiger partial charge in [0.1, 0.15) is 11.0 Å². The predicted octanol–water partition coefficient (Wildman–Crippen LogP) is 1.41. The largest absolute Gasteiger partial charge is 0.374 e. The summed E-state index contributed by atoms with van der Waals surface area (Å²) < 4.78 is 5.72. The van der Waals surface area contributed by atoms with E-state index in [0.717, 1.165) is 19.3 Å². The molecule has 1 amide bonds. The van der Waals surface area contributed by atoms with E-state index in [9.17, 15) is 4.79 Å². The molecule has 1 aromatic heterocycles. The first-order chi connectivity index (χ1) is 9.69. The summed E-state index contributed by atoms with van der Waals surface area (Å²) in [5.74, 6) is 5.69. The summed E-state index contributed by atoms with van der Waals surface area (Å²) in [6.45, 7) is 1.21. The zero-order chi connectivity index (χ0) is 14.1. The number of aromatic nitrogens is 1. The van der Waals surface area contributed by atoms with E-state index < -0.39 is 0 Å². The van der Waals surface area contributed by atoms with Gasteiger partial charge in [0.15, 0.2) is 0 Å². The molecule has 2 heterocycles. The Morgan fingerprint density at radius 3 is 3.15 bits per heavy atom. The minimum atomic E-state index is -0.0361. The van der Waals surface area contributed by atoms with Gasteiger partial charge < -0.3 is 15.1 Å². The molecule has 0 spiro atoms. The summed E-state index contributed by atoms with van der Waals surface area (Å²) in [7, 11) is 0. The molecule has 3 rings (SSSR count). The van der Waals surface area contributed by atoms with Crippen LogP contribution >= 0.6 is 11.6 Å². The number of hydrogen-bond acceptors (Lipinski definition) is 5. The Morgan fingerprint density at radius 2 is 2.35 bits per heavy atom. The number of pyridine rings is 1. The van der Waals surface area contributed by atoms with Crippen LogP contribution in [0, 0.1) is 0 Å². The lowest BCUT2D eigenvalue weighted by Crippen LogP contribution is -2.51. The van der Waals surface area contributed by atoms with Crippen LogP contribution in [-0.4, -0.2) is 41.1 Å². The molecule has 2 aliphatic rings. The number of rotatable bonds is 2. The molecule has 3 N–H and O–H groups in total. The van der Waals surface area contributed by atoms with E-state index in [1.807, 2.05) is 4.90 Å².